The number of phenols is 1. The lowest BCUT2D eigenvalue weighted by Gasteiger charge is -2.44. The Kier molecular flexibility index (Phi) is 9.50. The predicted octanol–water partition coefficient (Wildman–Crippen LogP) is 4.68. The molecule has 2 aromatic carbocycles. The first-order chi connectivity index (χ1) is 16.7. The average Bonchev–Trinajstić information content (AvgIpc) is 2.80. The highest BCUT2D eigenvalue weighted by Crippen LogP contribution is 2.33. The quantitative estimate of drug-likeness (QED) is 0.466. The van der Waals surface area contributed by atoms with E-state index in [0.29, 0.717) is 12.0 Å². The monoisotopic (exact) mass is 497 g/mol. The molecule has 0 aliphatic heterocycles. The fourth-order valence-electron chi connectivity index (χ4n) is 3.66. The normalized spacial score (nSPS) is 13.3. The first kappa shape index (κ1) is 28.7. The van der Waals surface area contributed by atoms with Crippen molar-refractivity contribution in [1.82, 2.24) is 15.5 Å². The summed E-state index contributed by atoms with van der Waals surface area (Å²) in [7, 11) is 0. The van der Waals surface area contributed by atoms with Crippen molar-refractivity contribution >= 4 is 17.9 Å². The summed E-state index contributed by atoms with van der Waals surface area (Å²) in [6.07, 6.45) is -0.161. The Labute approximate surface area is 214 Å². The number of carbonyl (C=O) groups is 3. The van der Waals surface area contributed by atoms with Crippen LogP contribution in [-0.4, -0.2) is 45.1 Å². The van der Waals surface area contributed by atoms with Crippen LogP contribution in [0.5, 0.6) is 5.75 Å². The summed E-state index contributed by atoms with van der Waals surface area (Å²) in [6, 6.07) is 13.7. The molecule has 2 aromatic rings. The zero-order valence-electron chi connectivity index (χ0n) is 22.3. The van der Waals surface area contributed by atoms with Crippen LogP contribution in [0.2, 0.25) is 0 Å². The van der Waals surface area contributed by atoms with E-state index < -0.39 is 35.2 Å². The van der Waals surface area contributed by atoms with Gasteiger partial charge in [0.15, 0.2) is 0 Å². The highest BCUT2D eigenvalue weighted by atomic mass is 16.6. The van der Waals surface area contributed by atoms with Crippen molar-refractivity contribution in [3.8, 4) is 5.75 Å². The van der Waals surface area contributed by atoms with Crippen LogP contribution in [0.4, 0.5) is 4.79 Å². The molecule has 0 bridgehead atoms. The number of nitrogens with zero attached hydrogens (tertiary/aromatic N) is 1. The number of rotatable bonds is 9. The van der Waals surface area contributed by atoms with Gasteiger partial charge in [-0.1, -0.05) is 49.4 Å². The number of benzene rings is 2. The molecule has 2 unspecified atom stereocenters. The van der Waals surface area contributed by atoms with Gasteiger partial charge in [-0.2, -0.15) is 0 Å². The number of carbonyl (C=O) groups excluding carboxylic acids is 3. The van der Waals surface area contributed by atoms with Crippen molar-refractivity contribution in [2.75, 3.05) is 0 Å². The zero-order valence-corrected chi connectivity index (χ0v) is 22.3. The van der Waals surface area contributed by atoms with Gasteiger partial charge >= 0.3 is 6.09 Å². The Morgan fingerprint density at radius 2 is 1.56 bits per heavy atom. The second-order valence-corrected chi connectivity index (χ2v) is 10.4. The van der Waals surface area contributed by atoms with Crippen molar-refractivity contribution in [3.63, 3.8) is 0 Å². The summed E-state index contributed by atoms with van der Waals surface area (Å²) in [6.45, 7) is 12.8. The number of hydrogen-bond acceptors (Lipinski definition) is 5. The molecule has 2 rings (SSSR count). The second-order valence-electron chi connectivity index (χ2n) is 10.4. The van der Waals surface area contributed by atoms with Gasteiger partial charge in [-0.15, -0.1) is 0 Å². The lowest BCUT2D eigenvalue weighted by atomic mass is 9.92. The standard InChI is InChI=1S/C28H39N3O5/c1-8-28(6,7)31(25(34)19(2)30-26(35)36-27(3,4)5)23(21-14-16-22(32)17-15-21)24(33)29-18-20-12-10-9-11-13-20/h9-17,19,23,32H,8,18H2,1-7H3,(H,29,33)(H,30,35). The van der Waals surface area contributed by atoms with Crippen LogP contribution >= 0.6 is 0 Å². The Hall–Kier alpha value is -3.55. The molecule has 0 heterocycles. The molecular formula is C28H39N3O5. The number of aromatic hydroxyl groups is 1. The zero-order chi connectivity index (χ0) is 27.1. The molecular weight excluding hydrogens is 458 g/mol. The van der Waals surface area contributed by atoms with Crippen molar-refractivity contribution < 1.29 is 24.2 Å². The van der Waals surface area contributed by atoms with Crippen molar-refractivity contribution in [2.45, 2.75) is 84.7 Å². The van der Waals surface area contributed by atoms with E-state index in [1.54, 1.807) is 39.8 Å². The lowest BCUT2D eigenvalue weighted by molar-refractivity contribution is -0.149. The molecule has 0 aliphatic carbocycles. The molecule has 2 atom stereocenters. The number of hydrogen-bond donors (Lipinski definition) is 3. The molecule has 0 saturated heterocycles. The van der Waals surface area contributed by atoms with Crippen LogP contribution in [0.1, 0.15) is 72.1 Å². The topological polar surface area (TPSA) is 108 Å². The number of amides is 3. The molecule has 0 radical (unpaired) electrons. The van der Waals surface area contributed by atoms with Gasteiger partial charge in [-0.25, -0.2) is 4.79 Å². The number of alkyl carbamates (subject to hydrolysis) is 1. The molecule has 0 saturated carbocycles. The largest absolute Gasteiger partial charge is 0.508 e. The smallest absolute Gasteiger partial charge is 0.408 e. The van der Waals surface area contributed by atoms with Gasteiger partial charge in [0.25, 0.3) is 0 Å². The summed E-state index contributed by atoms with van der Waals surface area (Å²) in [5, 5.41) is 15.4. The van der Waals surface area contributed by atoms with Crippen LogP contribution in [0, 0.1) is 0 Å². The minimum Gasteiger partial charge on any atom is -0.508 e. The van der Waals surface area contributed by atoms with Gasteiger partial charge in [0, 0.05) is 12.1 Å². The van der Waals surface area contributed by atoms with Crippen LogP contribution < -0.4 is 10.6 Å². The van der Waals surface area contributed by atoms with Crippen molar-refractivity contribution in [2.24, 2.45) is 0 Å². The number of phenolic OH excluding ortho intramolecular Hbond substituents is 1. The maximum absolute atomic E-state index is 13.8. The molecule has 3 N–H and O–H groups in total. The highest BCUT2D eigenvalue weighted by Gasteiger charge is 2.42. The molecule has 0 aromatic heterocycles. The first-order valence-corrected chi connectivity index (χ1v) is 12.2. The van der Waals surface area contributed by atoms with Crippen molar-refractivity contribution in [1.29, 1.82) is 0 Å². The molecule has 36 heavy (non-hydrogen) atoms. The maximum atomic E-state index is 13.8. The first-order valence-electron chi connectivity index (χ1n) is 12.2. The molecule has 8 nitrogen and oxygen atoms in total. The SMILES string of the molecule is CCC(C)(C)N(C(=O)C(C)NC(=O)OC(C)(C)C)C(C(=O)NCc1ccccc1)c1ccc(O)cc1. The molecule has 3 amide bonds. The minimum absolute atomic E-state index is 0.0507. The van der Waals surface area contributed by atoms with E-state index in [2.05, 4.69) is 10.6 Å². The molecule has 0 spiro atoms. The third-order valence-electron chi connectivity index (χ3n) is 5.88. The third-order valence-corrected chi connectivity index (χ3v) is 5.88. The predicted molar refractivity (Wildman–Crippen MR) is 139 cm³/mol. The highest BCUT2D eigenvalue weighted by molar-refractivity contribution is 5.92. The van der Waals surface area contributed by atoms with E-state index in [1.807, 2.05) is 51.1 Å². The second kappa shape index (κ2) is 11.9. The van der Waals surface area contributed by atoms with Gasteiger partial charge in [0.05, 0.1) is 0 Å². The average molecular weight is 498 g/mol. The van der Waals surface area contributed by atoms with E-state index >= 15 is 0 Å². The van der Waals surface area contributed by atoms with Crippen molar-refractivity contribution in [3.05, 3.63) is 65.7 Å². The Balaban J connectivity index is 2.44. The van der Waals surface area contributed by atoms with Gasteiger partial charge in [-0.3, -0.25) is 9.59 Å². The summed E-state index contributed by atoms with van der Waals surface area (Å²) in [4.78, 5) is 41.4. The summed E-state index contributed by atoms with van der Waals surface area (Å²) >= 11 is 0. The third kappa shape index (κ3) is 8.00. The minimum atomic E-state index is -1.00. The molecule has 0 fully saturated rings. The number of ether oxygens (including phenoxy) is 1. The lowest BCUT2D eigenvalue weighted by Crippen LogP contribution is -2.58. The van der Waals surface area contributed by atoms with Gasteiger partial charge in [0.1, 0.15) is 23.4 Å². The van der Waals surface area contributed by atoms with Crippen LogP contribution in [0.25, 0.3) is 0 Å². The Morgan fingerprint density at radius 1 is 0.972 bits per heavy atom. The summed E-state index contributed by atoms with van der Waals surface area (Å²) < 4.78 is 5.32. The van der Waals surface area contributed by atoms with Crippen LogP contribution in [-0.2, 0) is 20.9 Å². The molecule has 196 valence electrons. The van der Waals surface area contributed by atoms with Gasteiger partial charge < -0.3 is 25.4 Å². The van der Waals surface area contributed by atoms with Gasteiger partial charge in [0.2, 0.25) is 11.8 Å². The summed E-state index contributed by atoms with van der Waals surface area (Å²) in [5.74, 6) is -0.751. The Bertz CT molecular complexity index is 1030. The van der Waals surface area contributed by atoms with Crippen LogP contribution in [0.3, 0.4) is 0 Å². The maximum Gasteiger partial charge on any atom is 0.408 e. The molecule has 0 aliphatic rings. The molecule has 8 heteroatoms. The van der Waals surface area contributed by atoms with E-state index in [0.717, 1.165) is 5.56 Å². The van der Waals surface area contributed by atoms with E-state index in [1.165, 1.54) is 17.0 Å². The Morgan fingerprint density at radius 3 is 2.08 bits per heavy atom. The fourth-order valence-corrected chi connectivity index (χ4v) is 3.66. The van der Waals surface area contributed by atoms with E-state index in [9.17, 15) is 19.5 Å². The fraction of sp³-hybridized carbons (Fsp3) is 0.464. The summed E-state index contributed by atoms with van der Waals surface area (Å²) in [5.41, 5.74) is -0.00468. The number of nitrogens with one attached hydrogen (secondary N) is 2. The van der Waals surface area contributed by atoms with E-state index in [4.69, 9.17) is 4.74 Å². The van der Waals surface area contributed by atoms with Gasteiger partial charge in [-0.05, 0) is 71.2 Å². The van der Waals surface area contributed by atoms with E-state index in [-0.39, 0.29) is 18.2 Å². The van der Waals surface area contributed by atoms with Crippen LogP contribution in [0.15, 0.2) is 54.6 Å².